The van der Waals surface area contributed by atoms with E-state index in [0.717, 1.165) is 6.42 Å². The first-order chi connectivity index (χ1) is 10.8. The summed E-state index contributed by atoms with van der Waals surface area (Å²) in [5.41, 5.74) is 0.285. The van der Waals surface area contributed by atoms with Crippen molar-refractivity contribution in [2.75, 3.05) is 6.54 Å². The van der Waals surface area contributed by atoms with E-state index in [4.69, 9.17) is 0 Å². The third-order valence-electron chi connectivity index (χ3n) is 3.44. The quantitative estimate of drug-likeness (QED) is 0.867. The average molecular weight is 330 g/mol. The summed E-state index contributed by atoms with van der Waals surface area (Å²) in [6, 6.07) is 5.11. The number of amides is 2. The minimum atomic E-state index is -4.78. The lowest BCUT2D eigenvalue weighted by Gasteiger charge is -2.22. The molecule has 0 aromatic heterocycles. The van der Waals surface area contributed by atoms with Crippen molar-refractivity contribution in [3.8, 4) is 5.75 Å². The van der Waals surface area contributed by atoms with E-state index in [9.17, 15) is 22.8 Å². The summed E-state index contributed by atoms with van der Waals surface area (Å²) < 4.78 is 40.9. The highest BCUT2D eigenvalue weighted by molar-refractivity contribution is 5.88. The lowest BCUT2D eigenvalue weighted by atomic mass is 10.1. The number of hydrogen-bond donors (Lipinski definition) is 2. The molecule has 1 aliphatic heterocycles. The lowest BCUT2D eigenvalue weighted by molar-refractivity contribution is -0.274. The van der Waals surface area contributed by atoms with Crippen molar-refractivity contribution in [1.82, 2.24) is 10.6 Å². The molecule has 1 saturated heterocycles. The maximum absolute atomic E-state index is 12.3. The lowest BCUT2D eigenvalue weighted by Crippen LogP contribution is -2.50. The molecular weight excluding hydrogens is 313 g/mol. The zero-order chi connectivity index (χ0) is 16.9. The van der Waals surface area contributed by atoms with Gasteiger partial charge in [0.2, 0.25) is 11.8 Å². The van der Waals surface area contributed by atoms with Gasteiger partial charge in [0.1, 0.15) is 11.8 Å². The minimum absolute atomic E-state index is 0.0258. The SMILES string of the molecule is O=C(CCc1ccccc1OC(F)(F)F)N[C@H]1CCCNC1=O. The van der Waals surface area contributed by atoms with Crippen molar-refractivity contribution in [1.29, 1.82) is 0 Å². The van der Waals surface area contributed by atoms with Gasteiger partial charge in [-0.15, -0.1) is 13.2 Å². The van der Waals surface area contributed by atoms with Crippen LogP contribution in [-0.2, 0) is 16.0 Å². The molecule has 2 rings (SSSR count). The van der Waals surface area contributed by atoms with E-state index in [2.05, 4.69) is 15.4 Å². The number of carbonyl (C=O) groups is 2. The van der Waals surface area contributed by atoms with Crippen LogP contribution in [0.5, 0.6) is 5.75 Å². The van der Waals surface area contributed by atoms with Crippen LogP contribution in [0, 0.1) is 0 Å². The molecule has 1 heterocycles. The molecule has 1 atom stereocenters. The molecule has 1 aromatic carbocycles. The first kappa shape index (κ1) is 17.1. The van der Waals surface area contributed by atoms with Crippen LogP contribution in [0.25, 0.3) is 0 Å². The van der Waals surface area contributed by atoms with Gasteiger partial charge in [-0.05, 0) is 30.9 Å². The molecule has 23 heavy (non-hydrogen) atoms. The Morgan fingerprint density at radius 1 is 1.35 bits per heavy atom. The Hall–Kier alpha value is -2.25. The van der Waals surface area contributed by atoms with Gasteiger partial charge < -0.3 is 15.4 Å². The van der Waals surface area contributed by atoms with E-state index in [0.29, 0.717) is 13.0 Å². The van der Waals surface area contributed by atoms with Crippen LogP contribution < -0.4 is 15.4 Å². The van der Waals surface area contributed by atoms with Crippen LogP contribution in [-0.4, -0.2) is 30.8 Å². The van der Waals surface area contributed by atoms with Gasteiger partial charge in [-0.25, -0.2) is 0 Å². The Morgan fingerprint density at radius 2 is 2.09 bits per heavy atom. The fourth-order valence-electron chi connectivity index (χ4n) is 2.36. The zero-order valence-electron chi connectivity index (χ0n) is 12.3. The number of alkyl halides is 3. The van der Waals surface area contributed by atoms with Crippen molar-refractivity contribution in [2.45, 2.75) is 38.1 Å². The number of hydrogen-bond acceptors (Lipinski definition) is 3. The first-order valence-electron chi connectivity index (χ1n) is 7.26. The molecule has 1 fully saturated rings. The predicted molar refractivity (Wildman–Crippen MR) is 75.6 cm³/mol. The van der Waals surface area contributed by atoms with Gasteiger partial charge in [0.25, 0.3) is 0 Å². The third-order valence-corrected chi connectivity index (χ3v) is 3.44. The average Bonchev–Trinajstić information content (AvgIpc) is 2.47. The molecule has 8 heteroatoms. The van der Waals surface area contributed by atoms with E-state index >= 15 is 0 Å². The van der Waals surface area contributed by atoms with Crippen molar-refractivity contribution in [3.05, 3.63) is 29.8 Å². The third kappa shape index (κ3) is 5.46. The molecule has 126 valence electrons. The monoisotopic (exact) mass is 330 g/mol. The maximum Gasteiger partial charge on any atom is 0.573 e. The Morgan fingerprint density at radius 3 is 2.78 bits per heavy atom. The molecule has 0 radical (unpaired) electrons. The summed E-state index contributed by atoms with van der Waals surface area (Å²) in [5, 5.41) is 5.24. The Kier molecular flexibility index (Phi) is 5.46. The summed E-state index contributed by atoms with van der Waals surface area (Å²) in [5.74, 6) is -0.928. The largest absolute Gasteiger partial charge is 0.573 e. The van der Waals surface area contributed by atoms with Crippen molar-refractivity contribution in [3.63, 3.8) is 0 Å². The number of rotatable bonds is 5. The Balaban J connectivity index is 1.90. The van der Waals surface area contributed by atoms with Crippen LogP contribution in [0.3, 0.4) is 0 Å². The molecule has 1 aromatic rings. The Bertz CT molecular complexity index is 575. The van der Waals surface area contributed by atoms with Gasteiger partial charge >= 0.3 is 6.36 Å². The number of carbonyl (C=O) groups excluding carboxylic acids is 2. The van der Waals surface area contributed by atoms with Crippen LogP contribution in [0.1, 0.15) is 24.8 Å². The van der Waals surface area contributed by atoms with Gasteiger partial charge in [-0.2, -0.15) is 0 Å². The van der Waals surface area contributed by atoms with Crippen LogP contribution in [0.2, 0.25) is 0 Å². The normalized spacial score (nSPS) is 18.2. The van der Waals surface area contributed by atoms with Gasteiger partial charge in [-0.1, -0.05) is 18.2 Å². The van der Waals surface area contributed by atoms with E-state index < -0.39 is 12.4 Å². The van der Waals surface area contributed by atoms with Gasteiger partial charge in [-0.3, -0.25) is 9.59 Å². The highest BCUT2D eigenvalue weighted by Crippen LogP contribution is 2.26. The molecule has 1 aliphatic rings. The van der Waals surface area contributed by atoms with Gasteiger partial charge in [0, 0.05) is 13.0 Å². The summed E-state index contributed by atoms with van der Waals surface area (Å²) in [6.07, 6.45) is -3.38. The zero-order valence-corrected chi connectivity index (χ0v) is 12.3. The highest BCUT2D eigenvalue weighted by Gasteiger charge is 2.32. The molecule has 0 spiro atoms. The molecular formula is C15H17F3N2O3. The molecule has 2 amide bonds. The fraction of sp³-hybridized carbons (Fsp3) is 0.467. The predicted octanol–water partition coefficient (Wildman–Crippen LogP) is 1.91. The second-order valence-electron chi connectivity index (χ2n) is 5.21. The van der Waals surface area contributed by atoms with Crippen LogP contribution in [0.15, 0.2) is 24.3 Å². The topological polar surface area (TPSA) is 67.4 Å². The summed E-state index contributed by atoms with van der Waals surface area (Å²) in [7, 11) is 0. The van der Waals surface area contributed by atoms with Crippen LogP contribution >= 0.6 is 0 Å². The molecule has 0 unspecified atom stereocenters. The van der Waals surface area contributed by atoms with Gasteiger partial charge in [0.05, 0.1) is 0 Å². The summed E-state index contributed by atoms with van der Waals surface area (Å²) in [6.45, 7) is 0.591. The number of nitrogens with one attached hydrogen (secondary N) is 2. The molecule has 0 bridgehead atoms. The molecule has 5 nitrogen and oxygen atoms in total. The van der Waals surface area contributed by atoms with Crippen molar-refractivity contribution < 1.29 is 27.5 Å². The number of ether oxygens (including phenoxy) is 1. The summed E-state index contributed by atoms with van der Waals surface area (Å²) in [4.78, 5) is 23.4. The van der Waals surface area contributed by atoms with E-state index in [1.807, 2.05) is 0 Å². The number of para-hydroxylation sites is 1. The number of benzene rings is 1. The number of piperidine rings is 1. The van der Waals surface area contributed by atoms with Crippen molar-refractivity contribution in [2.24, 2.45) is 0 Å². The van der Waals surface area contributed by atoms with Crippen LogP contribution in [0.4, 0.5) is 13.2 Å². The van der Waals surface area contributed by atoms with E-state index in [-0.39, 0.29) is 36.0 Å². The van der Waals surface area contributed by atoms with Crippen molar-refractivity contribution >= 4 is 11.8 Å². The molecule has 0 saturated carbocycles. The smallest absolute Gasteiger partial charge is 0.406 e. The van der Waals surface area contributed by atoms with Gasteiger partial charge in [0.15, 0.2) is 0 Å². The molecule has 2 N–H and O–H groups in total. The second-order valence-corrected chi connectivity index (χ2v) is 5.21. The number of halogens is 3. The fourth-order valence-corrected chi connectivity index (χ4v) is 2.36. The minimum Gasteiger partial charge on any atom is -0.406 e. The maximum atomic E-state index is 12.3. The van der Waals surface area contributed by atoms with E-state index in [1.165, 1.54) is 18.2 Å². The first-order valence-corrected chi connectivity index (χ1v) is 7.26. The highest BCUT2D eigenvalue weighted by atomic mass is 19.4. The summed E-state index contributed by atoms with van der Waals surface area (Å²) >= 11 is 0. The Labute approximate surface area is 131 Å². The standard InChI is InChI=1S/C15H17F3N2O3/c16-15(17,18)23-12-6-2-1-4-10(12)7-8-13(21)20-11-5-3-9-19-14(11)22/h1-2,4,6,11H,3,5,7-9H2,(H,19,22)(H,20,21)/t11-/m0/s1. The molecule has 0 aliphatic carbocycles. The van der Waals surface area contributed by atoms with E-state index in [1.54, 1.807) is 6.07 Å². The second kappa shape index (κ2) is 7.34. The number of aryl methyl sites for hydroxylation is 1.